The summed E-state index contributed by atoms with van der Waals surface area (Å²) in [5.74, 6) is 0. The highest BCUT2D eigenvalue weighted by atomic mass is 28.3. The molecule has 0 radical (unpaired) electrons. The van der Waals surface area contributed by atoms with E-state index < -0.39 is 8.07 Å². The summed E-state index contributed by atoms with van der Waals surface area (Å²) in [5, 5.41) is 1.64. The molecule has 1 aliphatic rings. The monoisotopic (exact) mass is 270 g/mol. The minimum atomic E-state index is -1.44. The van der Waals surface area contributed by atoms with E-state index in [1.54, 1.807) is 10.8 Å². The van der Waals surface area contributed by atoms with Crippen molar-refractivity contribution in [1.82, 2.24) is 0 Å². The van der Waals surface area contributed by atoms with Gasteiger partial charge in [-0.25, -0.2) is 0 Å². The Bertz CT molecular complexity index is 452. The van der Waals surface area contributed by atoms with E-state index >= 15 is 0 Å². The highest BCUT2D eigenvalue weighted by Crippen LogP contribution is 2.41. The third kappa shape index (κ3) is 2.62. The van der Waals surface area contributed by atoms with Gasteiger partial charge in [0.25, 0.3) is 0 Å². The van der Waals surface area contributed by atoms with Crippen LogP contribution in [0.3, 0.4) is 0 Å². The van der Waals surface area contributed by atoms with E-state index in [4.69, 9.17) is 0 Å². The van der Waals surface area contributed by atoms with Crippen molar-refractivity contribution in [2.45, 2.75) is 51.2 Å². The molecule has 1 aliphatic carbocycles. The molecule has 0 saturated heterocycles. The van der Waals surface area contributed by atoms with Crippen LogP contribution in [0.25, 0.3) is 0 Å². The molecule has 0 aromatic heterocycles. The Labute approximate surface area is 119 Å². The highest BCUT2D eigenvalue weighted by Gasteiger charge is 2.40. The quantitative estimate of drug-likeness (QED) is 0.635. The van der Waals surface area contributed by atoms with Crippen molar-refractivity contribution in [3.05, 3.63) is 54.1 Å². The molecule has 0 N–H and O–H groups in total. The van der Waals surface area contributed by atoms with Gasteiger partial charge in [-0.3, -0.25) is 0 Å². The summed E-state index contributed by atoms with van der Waals surface area (Å²) in [5.41, 5.74) is 2.41. The molecule has 0 amide bonds. The summed E-state index contributed by atoms with van der Waals surface area (Å²) in [6.45, 7) is 7.09. The van der Waals surface area contributed by atoms with Crippen molar-refractivity contribution in [1.29, 1.82) is 0 Å². The minimum absolute atomic E-state index is 0.727. The predicted molar refractivity (Wildman–Crippen MR) is 88.7 cm³/mol. The smallest absolute Gasteiger partial charge is 0.0797 e. The molecule has 0 bridgehead atoms. The molecule has 0 nitrogen and oxygen atoms in total. The van der Waals surface area contributed by atoms with Crippen molar-refractivity contribution < 1.29 is 0 Å². The second-order valence-electron chi connectivity index (χ2n) is 5.58. The number of hydrogen-bond acceptors (Lipinski definition) is 0. The number of allylic oxidation sites excluding steroid dienone is 4. The van der Waals surface area contributed by atoms with Crippen molar-refractivity contribution in [2.75, 3.05) is 0 Å². The molecule has 1 unspecified atom stereocenters. The van der Waals surface area contributed by atoms with Gasteiger partial charge in [0.1, 0.15) is 0 Å². The first-order valence-corrected chi connectivity index (χ1v) is 10.2. The molecule has 102 valence electrons. The Morgan fingerprint density at radius 1 is 1.00 bits per heavy atom. The predicted octanol–water partition coefficient (Wildman–Crippen LogP) is 5.05. The Balaban J connectivity index is 2.40. The van der Waals surface area contributed by atoms with Crippen molar-refractivity contribution in [2.24, 2.45) is 0 Å². The lowest BCUT2D eigenvalue weighted by molar-refractivity contribution is 0.872. The number of hydrogen-bond donors (Lipinski definition) is 0. The SMILES string of the molecule is CCCC1=CC=CC1[Si](CC)(CC)c1ccccc1. The van der Waals surface area contributed by atoms with E-state index in [1.807, 2.05) is 0 Å². The van der Waals surface area contributed by atoms with E-state index in [0.717, 1.165) is 5.54 Å². The first kappa shape index (κ1) is 14.3. The van der Waals surface area contributed by atoms with Crippen LogP contribution in [0.2, 0.25) is 17.6 Å². The summed E-state index contributed by atoms with van der Waals surface area (Å²) < 4.78 is 0. The molecular weight excluding hydrogens is 244 g/mol. The maximum absolute atomic E-state index is 2.48. The lowest BCUT2D eigenvalue weighted by Crippen LogP contribution is -2.50. The second kappa shape index (κ2) is 6.38. The topological polar surface area (TPSA) is 0 Å². The Kier molecular flexibility index (Phi) is 4.81. The normalized spacial score (nSPS) is 18.7. The van der Waals surface area contributed by atoms with Crippen LogP contribution in [0.5, 0.6) is 0 Å². The van der Waals surface area contributed by atoms with E-state index in [-0.39, 0.29) is 0 Å². The summed E-state index contributed by atoms with van der Waals surface area (Å²) in [4.78, 5) is 0. The minimum Gasteiger partial charge on any atom is -0.0797 e. The van der Waals surface area contributed by atoms with Gasteiger partial charge in [-0.2, -0.15) is 0 Å². The average molecular weight is 270 g/mol. The fraction of sp³-hybridized carbons (Fsp3) is 0.444. The Morgan fingerprint density at radius 2 is 1.68 bits per heavy atom. The molecule has 0 saturated carbocycles. The third-order valence-corrected chi connectivity index (χ3v) is 10.5. The van der Waals surface area contributed by atoms with Crippen molar-refractivity contribution in [3.8, 4) is 0 Å². The first-order chi connectivity index (χ1) is 9.28. The van der Waals surface area contributed by atoms with Crippen LogP contribution < -0.4 is 5.19 Å². The number of rotatable bonds is 6. The van der Waals surface area contributed by atoms with Crippen LogP contribution in [0, 0.1) is 0 Å². The molecule has 0 heterocycles. The molecule has 1 atom stereocenters. The zero-order valence-electron chi connectivity index (χ0n) is 12.5. The summed E-state index contributed by atoms with van der Waals surface area (Å²) in [7, 11) is -1.44. The molecule has 1 heteroatoms. The Morgan fingerprint density at radius 3 is 2.26 bits per heavy atom. The van der Waals surface area contributed by atoms with Gasteiger partial charge in [-0.15, -0.1) is 0 Å². The van der Waals surface area contributed by atoms with E-state index in [0.29, 0.717) is 0 Å². The van der Waals surface area contributed by atoms with Gasteiger partial charge in [-0.05, 0) is 12.0 Å². The van der Waals surface area contributed by atoms with Gasteiger partial charge >= 0.3 is 0 Å². The van der Waals surface area contributed by atoms with Crippen LogP contribution in [0.15, 0.2) is 54.1 Å². The van der Waals surface area contributed by atoms with Crippen LogP contribution in [0.1, 0.15) is 33.6 Å². The van der Waals surface area contributed by atoms with Gasteiger partial charge in [0.05, 0.1) is 8.07 Å². The van der Waals surface area contributed by atoms with Crippen LogP contribution in [0.4, 0.5) is 0 Å². The summed E-state index contributed by atoms with van der Waals surface area (Å²) in [6, 6.07) is 14.0. The lowest BCUT2D eigenvalue weighted by atomic mass is 10.1. The molecule has 0 fully saturated rings. The van der Waals surface area contributed by atoms with Crippen molar-refractivity contribution in [3.63, 3.8) is 0 Å². The van der Waals surface area contributed by atoms with Gasteiger partial charge in [0.2, 0.25) is 0 Å². The van der Waals surface area contributed by atoms with Crippen LogP contribution >= 0.6 is 0 Å². The van der Waals surface area contributed by atoms with Gasteiger partial charge in [0, 0.05) is 0 Å². The fourth-order valence-corrected chi connectivity index (χ4v) is 8.47. The van der Waals surface area contributed by atoms with Gasteiger partial charge in [0.15, 0.2) is 0 Å². The molecule has 0 aliphatic heterocycles. The van der Waals surface area contributed by atoms with Gasteiger partial charge in [-0.1, -0.05) is 98.6 Å². The standard InChI is InChI=1S/C18H26Si/c1-4-11-16-12-10-15-18(16)19(5-2,6-3)17-13-8-7-9-14-17/h7-10,12-15,18H,4-6,11H2,1-3H3. The second-order valence-corrected chi connectivity index (χ2v) is 10.5. The largest absolute Gasteiger partial charge is 0.0969 e. The zero-order chi connectivity index (χ0) is 13.7. The van der Waals surface area contributed by atoms with Crippen molar-refractivity contribution >= 4 is 13.3 Å². The molecular formula is C18H26Si. The molecule has 19 heavy (non-hydrogen) atoms. The third-order valence-electron chi connectivity index (χ3n) is 4.76. The molecule has 1 aromatic carbocycles. The van der Waals surface area contributed by atoms with E-state index in [9.17, 15) is 0 Å². The maximum Gasteiger partial charge on any atom is 0.0969 e. The highest BCUT2D eigenvalue weighted by molar-refractivity contribution is 6.93. The molecule has 1 aromatic rings. The maximum atomic E-state index is 2.48. The van der Waals surface area contributed by atoms with Crippen LogP contribution in [-0.2, 0) is 0 Å². The van der Waals surface area contributed by atoms with Crippen LogP contribution in [-0.4, -0.2) is 8.07 Å². The lowest BCUT2D eigenvalue weighted by Gasteiger charge is -2.37. The number of benzene rings is 1. The van der Waals surface area contributed by atoms with E-state index in [1.165, 1.54) is 24.9 Å². The summed E-state index contributed by atoms with van der Waals surface area (Å²) in [6.07, 6.45) is 9.68. The zero-order valence-corrected chi connectivity index (χ0v) is 13.5. The fourth-order valence-electron chi connectivity index (χ4n) is 3.63. The van der Waals surface area contributed by atoms with E-state index in [2.05, 4.69) is 69.3 Å². The summed E-state index contributed by atoms with van der Waals surface area (Å²) >= 11 is 0. The molecule has 2 rings (SSSR count). The Hall–Kier alpha value is -1.08. The van der Waals surface area contributed by atoms with Gasteiger partial charge < -0.3 is 0 Å². The average Bonchev–Trinajstić information content (AvgIpc) is 2.92. The molecule has 0 spiro atoms. The first-order valence-electron chi connectivity index (χ1n) is 7.71.